The monoisotopic (exact) mass is 197 g/mol. The summed E-state index contributed by atoms with van der Waals surface area (Å²) in [6, 6.07) is 0.377. The van der Waals surface area contributed by atoms with Crippen LogP contribution in [0.4, 0.5) is 0 Å². The summed E-state index contributed by atoms with van der Waals surface area (Å²) < 4.78 is 0. The summed E-state index contributed by atoms with van der Waals surface area (Å²) in [5, 5.41) is 0. The van der Waals surface area contributed by atoms with Crippen molar-refractivity contribution in [1.29, 1.82) is 0 Å². The first kappa shape index (κ1) is 12.0. The maximum atomic E-state index is 6.44. The topological polar surface area (TPSA) is 26.0 Å². The zero-order valence-corrected chi connectivity index (χ0v) is 10.7. The van der Waals surface area contributed by atoms with Gasteiger partial charge in [-0.2, -0.15) is 0 Å². The van der Waals surface area contributed by atoms with Crippen LogP contribution in [0.5, 0.6) is 0 Å². The molecule has 2 N–H and O–H groups in total. The van der Waals surface area contributed by atoms with Gasteiger partial charge in [-0.25, -0.2) is 0 Å². The molecule has 0 aliphatic heterocycles. The van der Waals surface area contributed by atoms with Crippen LogP contribution in [0.15, 0.2) is 0 Å². The smallest absolute Gasteiger partial charge is 0.0129 e. The highest BCUT2D eigenvalue weighted by Gasteiger charge is 2.53. The Morgan fingerprint density at radius 1 is 1.29 bits per heavy atom. The lowest BCUT2D eigenvalue weighted by Crippen LogP contribution is -2.51. The molecular formula is C13H27N. The van der Waals surface area contributed by atoms with E-state index in [-0.39, 0.29) is 0 Å². The molecule has 0 saturated heterocycles. The Hall–Kier alpha value is -0.0400. The van der Waals surface area contributed by atoms with Gasteiger partial charge in [-0.1, -0.05) is 41.5 Å². The van der Waals surface area contributed by atoms with E-state index in [4.69, 9.17) is 5.73 Å². The highest BCUT2D eigenvalue weighted by molar-refractivity contribution is 5.05. The van der Waals surface area contributed by atoms with Crippen molar-refractivity contribution in [3.8, 4) is 0 Å². The predicted octanol–water partition coefficient (Wildman–Crippen LogP) is 3.43. The summed E-state index contributed by atoms with van der Waals surface area (Å²) in [5.41, 5.74) is 7.11. The quantitative estimate of drug-likeness (QED) is 0.684. The van der Waals surface area contributed by atoms with E-state index in [1.54, 1.807) is 0 Å². The lowest BCUT2D eigenvalue weighted by atomic mass is 9.57. The first-order chi connectivity index (χ1) is 6.23. The molecular weight excluding hydrogens is 170 g/mol. The van der Waals surface area contributed by atoms with Gasteiger partial charge >= 0.3 is 0 Å². The van der Waals surface area contributed by atoms with Crippen LogP contribution in [0, 0.1) is 22.7 Å². The molecule has 0 aromatic carbocycles. The first-order valence-electron chi connectivity index (χ1n) is 5.99. The van der Waals surface area contributed by atoms with Crippen molar-refractivity contribution >= 4 is 0 Å². The zero-order valence-electron chi connectivity index (χ0n) is 10.7. The number of hydrogen-bond donors (Lipinski definition) is 1. The van der Waals surface area contributed by atoms with Crippen molar-refractivity contribution in [2.45, 2.75) is 60.4 Å². The Morgan fingerprint density at radius 2 is 1.79 bits per heavy atom. The third kappa shape index (κ3) is 1.50. The summed E-state index contributed by atoms with van der Waals surface area (Å²) in [6.45, 7) is 14.0. The SMILES string of the molecule is CC1CCC(C(C)C)(C(C)(C)C)[C@@H]1N. The maximum absolute atomic E-state index is 6.44. The normalized spacial score (nSPS) is 39.4. The fraction of sp³-hybridized carbons (Fsp3) is 1.00. The Morgan fingerprint density at radius 3 is 1.93 bits per heavy atom. The van der Waals surface area contributed by atoms with E-state index in [9.17, 15) is 0 Å². The Bertz CT molecular complexity index is 202. The molecule has 1 heteroatoms. The van der Waals surface area contributed by atoms with Crippen molar-refractivity contribution in [3.63, 3.8) is 0 Å². The van der Waals surface area contributed by atoms with Gasteiger partial charge < -0.3 is 5.73 Å². The van der Waals surface area contributed by atoms with Crippen LogP contribution >= 0.6 is 0 Å². The summed E-state index contributed by atoms with van der Waals surface area (Å²) in [5.74, 6) is 1.37. The van der Waals surface area contributed by atoms with Gasteiger partial charge in [0.2, 0.25) is 0 Å². The number of rotatable bonds is 1. The molecule has 1 fully saturated rings. The van der Waals surface area contributed by atoms with Crippen LogP contribution in [0.2, 0.25) is 0 Å². The molecule has 84 valence electrons. The third-order valence-electron chi connectivity index (χ3n) is 4.65. The van der Waals surface area contributed by atoms with Crippen molar-refractivity contribution in [1.82, 2.24) is 0 Å². The van der Waals surface area contributed by atoms with Crippen molar-refractivity contribution in [2.75, 3.05) is 0 Å². The standard InChI is InChI=1S/C13H27N/c1-9(2)13(12(4,5)6)8-7-10(3)11(13)14/h9-11H,7-8,14H2,1-6H3/t10?,11-,13?/m1/s1. The minimum absolute atomic E-state index is 0.325. The fourth-order valence-corrected chi connectivity index (χ4v) is 3.74. The predicted molar refractivity (Wildman–Crippen MR) is 63.1 cm³/mol. The first-order valence-corrected chi connectivity index (χ1v) is 5.99. The van der Waals surface area contributed by atoms with E-state index in [1.807, 2.05) is 0 Å². The molecule has 3 atom stereocenters. The van der Waals surface area contributed by atoms with E-state index >= 15 is 0 Å². The van der Waals surface area contributed by atoms with Gasteiger partial charge in [0.25, 0.3) is 0 Å². The van der Waals surface area contributed by atoms with Gasteiger partial charge in [-0.3, -0.25) is 0 Å². The van der Waals surface area contributed by atoms with E-state index in [0.29, 0.717) is 28.7 Å². The molecule has 1 aliphatic carbocycles. The molecule has 1 saturated carbocycles. The van der Waals surface area contributed by atoms with Gasteiger partial charge in [0.1, 0.15) is 0 Å². The highest BCUT2D eigenvalue weighted by Crippen LogP contribution is 2.56. The lowest BCUT2D eigenvalue weighted by Gasteiger charge is -2.49. The molecule has 14 heavy (non-hydrogen) atoms. The zero-order chi connectivity index (χ0) is 11.1. The van der Waals surface area contributed by atoms with E-state index in [0.717, 1.165) is 0 Å². The summed E-state index contributed by atoms with van der Waals surface area (Å²) in [6.07, 6.45) is 2.60. The van der Waals surface area contributed by atoms with Gasteiger partial charge in [-0.15, -0.1) is 0 Å². The average Bonchev–Trinajstić information content (AvgIpc) is 2.28. The lowest BCUT2D eigenvalue weighted by molar-refractivity contribution is 0.0159. The molecule has 0 aromatic rings. The molecule has 0 heterocycles. The van der Waals surface area contributed by atoms with Gasteiger partial charge in [0.05, 0.1) is 0 Å². The molecule has 1 nitrogen and oxygen atoms in total. The average molecular weight is 197 g/mol. The fourth-order valence-electron chi connectivity index (χ4n) is 3.74. The second kappa shape index (κ2) is 3.52. The van der Waals surface area contributed by atoms with E-state index in [1.165, 1.54) is 12.8 Å². The Kier molecular flexibility index (Phi) is 3.02. The van der Waals surface area contributed by atoms with Crippen LogP contribution in [-0.2, 0) is 0 Å². The summed E-state index contributed by atoms with van der Waals surface area (Å²) in [7, 11) is 0. The van der Waals surface area contributed by atoms with Crippen LogP contribution in [0.3, 0.4) is 0 Å². The molecule has 1 aliphatic rings. The molecule has 0 bridgehead atoms. The largest absolute Gasteiger partial charge is 0.327 e. The van der Waals surface area contributed by atoms with Crippen molar-refractivity contribution in [3.05, 3.63) is 0 Å². The number of nitrogens with two attached hydrogens (primary N) is 1. The van der Waals surface area contributed by atoms with Crippen LogP contribution in [-0.4, -0.2) is 6.04 Å². The number of hydrogen-bond acceptors (Lipinski definition) is 1. The van der Waals surface area contributed by atoms with Gasteiger partial charge in [-0.05, 0) is 35.5 Å². The summed E-state index contributed by atoms with van der Waals surface area (Å²) >= 11 is 0. The summed E-state index contributed by atoms with van der Waals surface area (Å²) in [4.78, 5) is 0. The molecule has 1 rings (SSSR count). The molecule has 0 radical (unpaired) electrons. The van der Waals surface area contributed by atoms with Crippen LogP contribution in [0.1, 0.15) is 54.4 Å². The minimum atomic E-state index is 0.325. The van der Waals surface area contributed by atoms with E-state index in [2.05, 4.69) is 41.5 Å². The van der Waals surface area contributed by atoms with Crippen LogP contribution < -0.4 is 5.73 Å². The second-order valence-electron chi connectivity index (χ2n) is 6.49. The molecule has 0 spiro atoms. The minimum Gasteiger partial charge on any atom is -0.327 e. The maximum Gasteiger partial charge on any atom is 0.0129 e. The van der Waals surface area contributed by atoms with Crippen LogP contribution in [0.25, 0.3) is 0 Å². The Labute approximate surface area is 89.5 Å². The van der Waals surface area contributed by atoms with Crippen molar-refractivity contribution in [2.24, 2.45) is 28.4 Å². The molecule has 0 amide bonds. The molecule has 2 unspecified atom stereocenters. The van der Waals surface area contributed by atoms with Gasteiger partial charge in [0.15, 0.2) is 0 Å². The third-order valence-corrected chi connectivity index (χ3v) is 4.65. The van der Waals surface area contributed by atoms with E-state index < -0.39 is 0 Å². The second-order valence-corrected chi connectivity index (χ2v) is 6.49. The van der Waals surface area contributed by atoms with Crippen molar-refractivity contribution < 1.29 is 0 Å². The van der Waals surface area contributed by atoms with Gasteiger partial charge in [0, 0.05) is 6.04 Å². The highest BCUT2D eigenvalue weighted by atomic mass is 14.8. The molecule has 0 aromatic heterocycles. The Balaban J connectivity index is 3.07.